The van der Waals surface area contributed by atoms with Crippen LogP contribution in [0, 0.1) is 0 Å². The first-order chi connectivity index (χ1) is 20.6. The standard InChI is InChI=1S/C36H75NO5/c1-6-10-14-18-20-24-27-34(26-22-16-12-8-3)40-39-33-36(32-37(5)30-31-38)42-41-35(28-23-17-13-9-4)29-25-21-19-15-11-7-2/h34-36,38H,6-33H2,1-5H3. The van der Waals surface area contributed by atoms with E-state index in [1.807, 2.05) is 7.05 Å². The largest absolute Gasteiger partial charge is 0.395 e. The molecule has 0 saturated heterocycles. The van der Waals surface area contributed by atoms with Crippen LogP contribution in [-0.2, 0) is 19.6 Å². The van der Waals surface area contributed by atoms with E-state index >= 15 is 0 Å². The van der Waals surface area contributed by atoms with E-state index in [2.05, 4.69) is 32.6 Å². The average molecular weight is 602 g/mol. The molecule has 254 valence electrons. The zero-order chi connectivity index (χ0) is 30.9. The van der Waals surface area contributed by atoms with E-state index in [-0.39, 0.29) is 24.9 Å². The predicted octanol–water partition coefficient (Wildman–Crippen LogP) is 10.4. The summed E-state index contributed by atoms with van der Waals surface area (Å²) in [6, 6.07) is 0. The molecule has 0 aliphatic rings. The SMILES string of the molecule is CCCCCCCCC(CCCCCC)OOCC(CN(C)CCO)OOC(CCCCCC)CCCCCCCC. The lowest BCUT2D eigenvalue weighted by Crippen LogP contribution is -2.37. The molecule has 42 heavy (non-hydrogen) atoms. The van der Waals surface area contributed by atoms with Crippen molar-refractivity contribution in [2.45, 2.75) is 200 Å². The molecule has 0 aromatic heterocycles. The van der Waals surface area contributed by atoms with Gasteiger partial charge in [-0.25, -0.2) is 19.6 Å². The molecule has 0 aromatic carbocycles. The fraction of sp³-hybridized carbons (Fsp3) is 1.00. The summed E-state index contributed by atoms with van der Waals surface area (Å²) >= 11 is 0. The third-order valence-electron chi connectivity index (χ3n) is 8.30. The highest BCUT2D eigenvalue weighted by Gasteiger charge is 2.20. The lowest BCUT2D eigenvalue weighted by atomic mass is 10.0. The number of aliphatic hydroxyl groups excluding tert-OH is 1. The molecule has 0 heterocycles. The molecular formula is C36H75NO5. The van der Waals surface area contributed by atoms with Gasteiger partial charge in [0.25, 0.3) is 0 Å². The van der Waals surface area contributed by atoms with Crippen LogP contribution in [-0.4, -0.2) is 61.7 Å². The van der Waals surface area contributed by atoms with Crippen molar-refractivity contribution < 1.29 is 24.7 Å². The van der Waals surface area contributed by atoms with Gasteiger partial charge in [-0.2, -0.15) is 0 Å². The third kappa shape index (κ3) is 28.5. The van der Waals surface area contributed by atoms with Gasteiger partial charge in [0.15, 0.2) is 0 Å². The summed E-state index contributed by atoms with van der Waals surface area (Å²) in [6.45, 7) is 10.7. The van der Waals surface area contributed by atoms with Crippen molar-refractivity contribution in [3.8, 4) is 0 Å². The summed E-state index contributed by atoms with van der Waals surface area (Å²) in [6.07, 6.45) is 29.7. The van der Waals surface area contributed by atoms with Crippen LogP contribution in [0.5, 0.6) is 0 Å². The van der Waals surface area contributed by atoms with Gasteiger partial charge < -0.3 is 10.0 Å². The fourth-order valence-corrected chi connectivity index (χ4v) is 5.47. The first kappa shape index (κ1) is 41.8. The number of unbranched alkanes of at least 4 members (excludes halogenated alkanes) is 16. The van der Waals surface area contributed by atoms with E-state index in [1.165, 1.54) is 128 Å². The summed E-state index contributed by atoms with van der Waals surface area (Å²) in [5, 5.41) is 9.43. The lowest BCUT2D eigenvalue weighted by Gasteiger charge is -2.26. The van der Waals surface area contributed by atoms with Crippen LogP contribution in [0.3, 0.4) is 0 Å². The highest BCUT2D eigenvalue weighted by atomic mass is 17.2. The van der Waals surface area contributed by atoms with Gasteiger partial charge in [0.05, 0.1) is 18.8 Å². The second-order valence-electron chi connectivity index (χ2n) is 12.7. The van der Waals surface area contributed by atoms with Crippen LogP contribution in [0.25, 0.3) is 0 Å². The Bertz CT molecular complexity index is 509. The van der Waals surface area contributed by atoms with E-state index < -0.39 is 0 Å². The van der Waals surface area contributed by atoms with Gasteiger partial charge in [0.2, 0.25) is 0 Å². The van der Waals surface area contributed by atoms with Crippen LogP contribution in [0.15, 0.2) is 0 Å². The predicted molar refractivity (Wildman–Crippen MR) is 179 cm³/mol. The molecule has 0 aromatic rings. The van der Waals surface area contributed by atoms with Gasteiger partial charge >= 0.3 is 0 Å². The molecular weight excluding hydrogens is 526 g/mol. The quantitative estimate of drug-likeness (QED) is 0.0443. The molecule has 6 heteroatoms. The molecule has 0 amide bonds. The van der Waals surface area contributed by atoms with Crippen LogP contribution in [0.4, 0.5) is 0 Å². The van der Waals surface area contributed by atoms with Crippen LogP contribution >= 0.6 is 0 Å². The van der Waals surface area contributed by atoms with Gasteiger partial charge in [0, 0.05) is 13.1 Å². The molecule has 3 unspecified atom stereocenters. The Morgan fingerprint density at radius 2 is 0.833 bits per heavy atom. The van der Waals surface area contributed by atoms with Crippen molar-refractivity contribution >= 4 is 0 Å². The molecule has 0 bridgehead atoms. The molecule has 6 nitrogen and oxygen atoms in total. The molecule has 1 N–H and O–H groups in total. The van der Waals surface area contributed by atoms with Crippen molar-refractivity contribution in [1.29, 1.82) is 0 Å². The van der Waals surface area contributed by atoms with Gasteiger partial charge in [-0.3, -0.25) is 0 Å². The molecule has 0 saturated carbocycles. The van der Waals surface area contributed by atoms with Gasteiger partial charge in [-0.05, 0) is 32.7 Å². The number of aliphatic hydroxyl groups is 1. The summed E-state index contributed by atoms with van der Waals surface area (Å²) < 4.78 is 0. The van der Waals surface area contributed by atoms with Crippen molar-refractivity contribution in [2.75, 3.05) is 33.4 Å². The zero-order valence-corrected chi connectivity index (χ0v) is 29.1. The average Bonchev–Trinajstić information content (AvgIpc) is 2.98. The highest BCUT2D eigenvalue weighted by molar-refractivity contribution is 4.64. The summed E-state index contributed by atoms with van der Waals surface area (Å²) in [7, 11) is 2.00. The summed E-state index contributed by atoms with van der Waals surface area (Å²) in [5.41, 5.74) is 0. The number of hydrogen-bond donors (Lipinski definition) is 1. The number of nitrogens with zero attached hydrogens (tertiary/aromatic N) is 1. The van der Waals surface area contributed by atoms with Gasteiger partial charge in [0.1, 0.15) is 12.7 Å². The van der Waals surface area contributed by atoms with Gasteiger partial charge in [-0.1, -0.05) is 156 Å². The Morgan fingerprint density at radius 1 is 0.476 bits per heavy atom. The number of hydrogen-bond acceptors (Lipinski definition) is 6. The molecule has 0 radical (unpaired) electrons. The van der Waals surface area contributed by atoms with E-state index in [9.17, 15) is 5.11 Å². The van der Waals surface area contributed by atoms with Crippen molar-refractivity contribution in [1.82, 2.24) is 4.90 Å². The molecule has 0 spiro atoms. The Balaban J connectivity index is 4.90. The maximum atomic E-state index is 9.43. The maximum absolute atomic E-state index is 9.43. The molecule has 0 fully saturated rings. The van der Waals surface area contributed by atoms with Crippen LogP contribution < -0.4 is 0 Å². The van der Waals surface area contributed by atoms with Crippen LogP contribution in [0.2, 0.25) is 0 Å². The first-order valence-corrected chi connectivity index (χ1v) is 18.5. The third-order valence-corrected chi connectivity index (χ3v) is 8.30. The van der Waals surface area contributed by atoms with Crippen molar-refractivity contribution in [3.05, 3.63) is 0 Å². The second-order valence-corrected chi connectivity index (χ2v) is 12.7. The van der Waals surface area contributed by atoms with E-state index in [1.54, 1.807) is 0 Å². The minimum absolute atomic E-state index is 0.123. The van der Waals surface area contributed by atoms with E-state index in [0.717, 1.165) is 25.7 Å². The van der Waals surface area contributed by atoms with Crippen molar-refractivity contribution in [3.63, 3.8) is 0 Å². The highest BCUT2D eigenvalue weighted by Crippen LogP contribution is 2.19. The van der Waals surface area contributed by atoms with E-state index in [4.69, 9.17) is 19.6 Å². The Hall–Kier alpha value is -0.240. The molecule has 3 atom stereocenters. The Labute approximate surface area is 262 Å². The zero-order valence-electron chi connectivity index (χ0n) is 29.1. The summed E-state index contributed by atoms with van der Waals surface area (Å²) in [4.78, 5) is 26.2. The second kappa shape index (κ2) is 33.6. The van der Waals surface area contributed by atoms with Crippen LogP contribution in [0.1, 0.15) is 182 Å². The van der Waals surface area contributed by atoms with E-state index in [0.29, 0.717) is 19.7 Å². The fourth-order valence-electron chi connectivity index (χ4n) is 5.47. The Kier molecular flexibility index (Phi) is 33.5. The molecule has 0 aliphatic heterocycles. The minimum atomic E-state index is -0.265. The number of rotatable bonds is 35. The molecule has 0 aliphatic carbocycles. The monoisotopic (exact) mass is 602 g/mol. The topological polar surface area (TPSA) is 60.4 Å². The minimum Gasteiger partial charge on any atom is -0.395 e. The first-order valence-electron chi connectivity index (χ1n) is 18.5. The van der Waals surface area contributed by atoms with Gasteiger partial charge in [-0.15, -0.1) is 0 Å². The molecule has 0 rings (SSSR count). The maximum Gasteiger partial charge on any atom is 0.132 e. The summed E-state index contributed by atoms with van der Waals surface area (Å²) in [5.74, 6) is 0. The normalized spacial score (nSPS) is 14.1. The number of likely N-dealkylation sites (N-methyl/N-ethyl adjacent to an activating group) is 1. The van der Waals surface area contributed by atoms with Crippen molar-refractivity contribution in [2.24, 2.45) is 0 Å². The Morgan fingerprint density at radius 3 is 1.26 bits per heavy atom. The smallest absolute Gasteiger partial charge is 0.132 e. The lowest BCUT2D eigenvalue weighted by molar-refractivity contribution is -0.392.